The molecule has 2 rings (SSSR count). The summed E-state index contributed by atoms with van der Waals surface area (Å²) >= 11 is 1.86. The van der Waals surface area contributed by atoms with E-state index in [4.69, 9.17) is 0 Å². The van der Waals surface area contributed by atoms with Gasteiger partial charge in [-0.05, 0) is 30.4 Å². The van der Waals surface area contributed by atoms with Crippen LogP contribution in [-0.2, 0) is 11.2 Å². The number of carbonyl (C=O) groups excluding carboxylic acids is 1. The lowest BCUT2D eigenvalue weighted by atomic mass is 10.0. The van der Waals surface area contributed by atoms with Crippen molar-refractivity contribution in [2.75, 3.05) is 13.1 Å². The van der Waals surface area contributed by atoms with Gasteiger partial charge in [-0.3, -0.25) is 4.90 Å². The lowest BCUT2D eigenvalue weighted by molar-refractivity contribution is -0.108. The van der Waals surface area contributed by atoms with Crippen LogP contribution in [-0.4, -0.2) is 24.3 Å². The molecule has 14 heavy (non-hydrogen) atoms. The van der Waals surface area contributed by atoms with E-state index in [2.05, 4.69) is 23.3 Å². The Balaban J connectivity index is 2.09. The molecule has 0 saturated carbocycles. The third-order valence-electron chi connectivity index (χ3n) is 2.94. The SMILES string of the molecule is CC1c2ccsc2CCN1CCC=O. The molecule has 76 valence electrons. The lowest BCUT2D eigenvalue weighted by Gasteiger charge is -2.33. The number of hydrogen-bond acceptors (Lipinski definition) is 3. The molecule has 1 aromatic heterocycles. The maximum Gasteiger partial charge on any atom is 0.121 e. The second kappa shape index (κ2) is 4.24. The summed E-state index contributed by atoms with van der Waals surface area (Å²) in [5, 5.41) is 2.17. The van der Waals surface area contributed by atoms with Crippen LogP contribution in [0.2, 0.25) is 0 Å². The van der Waals surface area contributed by atoms with Gasteiger partial charge in [-0.15, -0.1) is 11.3 Å². The van der Waals surface area contributed by atoms with Crippen LogP contribution in [0.5, 0.6) is 0 Å². The molecule has 0 amide bonds. The lowest BCUT2D eigenvalue weighted by Crippen LogP contribution is -2.34. The Labute approximate surface area is 88.5 Å². The van der Waals surface area contributed by atoms with Crippen LogP contribution < -0.4 is 0 Å². The molecule has 2 heterocycles. The third-order valence-corrected chi connectivity index (χ3v) is 3.93. The summed E-state index contributed by atoms with van der Waals surface area (Å²) in [6, 6.07) is 2.71. The molecule has 0 aromatic carbocycles. The summed E-state index contributed by atoms with van der Waals surface area (Å²) in [4.78, 5) is 14.2. The predicted octanol–water partition coefficient (Wildman–Crippen LogP) is 2.26. The standard InChI is InChI=1S/C11H15NOS/c1-9-10-4-8-14-11(10)3-6-12(9)5-2-7-13/h4,7-9H,2-3,5-6H2,1H3. The van der Waals surface area contributed by atoms with Gasteiger partial charge >= 0.3 is 0 Å². The van der Waals surface area contributed by atoms with Gasteiger partial charge in [0.2, 0.25) is 0 Å². The molecule has 0 bridgehead atoms. The Morgan fingerprint density at radius 1 is 1.71 bits per heavy atom. The number of aldehydes is 1. The average molecular weight is 209 g/mol. The van der Waals surface area contributed by atoms with Gasteiger partial charge in [0.1, 0.15) is 6.29 Å². The van der Waals surface area contributed by atoms with Crippen molar-refractivity contribution in [2.24, 2.45) is 0 Å². The van der Waals surface area contributed by atoms with E-state index in [1.807, 2.05) is 11.3 Å². The Morgan fingerprint density at radius 3 is 3.36 bits per heavy atom. The van der Waals surface area contributed by atoms with Crippen molar-refractivity contribution in [1.29, 1.82) is 0 Å². The Bertz CT molecular complexity index is 321. The van der Waals surface area contributed by atoms with Crippen molar-refractivity contribution in [1.82, 2.24) is 4.90 Å². The van der Waals surface area contributed by atoms with Gasteiger partial charge in [0.15, 0.2) is 0 Å². The van der Waals surface area contributed by atoms with Crippen molar-refractivity contribution in [2.45, 2.75) is 25.8 Å². The first kappa shape index (κ1) is 9.87. The van der Waals surface area contributed by atoms with E-state index in [9.17, 15) is 4.79 Å². The Hall–Kier alpha value is -0.670. The highest BCUT2D eigenvalue weighted by Crippen LogP contribution is 2.32. The molecular weight excluding hydrogens is 194 g/mol. The fourth-order valence-electron chi connectivity index (χ4n) is 2.09. The monoisotopic (exact) mass is 209 g/mol. The number of carbonyl (C=O) groups is 1. The van der Waals surface area contributed by atoms with Crippen LogP contribution in [0, 0.1) is 0 Å². The number of fused-ring (bicyclic) bond motifs is 1. The van der Waals surface area contributed by atoms with Gasteiger partial charge < -0.3 is 4.79 Å². The number of hydrogen-bond donors (Lipinski definition) is 0. The molecule has 1 unspecified atom stereocenters. The van der Waals surface area contributed by atoms with E-state index in [-0.39, 0.29) is 0 Å². The first-order chi connectivity index (χ1) is 6.83. The van der Waals surface area contributed by atoms with Crippen molar-refractivity contribution in [3.8, 4) is 0 Å². The molecule has 0 saturated heterocycles. The molecule has 1 aliphatic heterocycles. The van der Waals surface area contributed by atoms with Crippen LogP contribution in [0.25, 0.3) is 0 Å². The summed E-state index contributed by atoms with van der Waals surface area (Å²) in [5.74, 6) is 0. The summed E-state index contributed by atoms with van der Waals surface area (Å²) < 4.78 is 0. The molecule has 0 fully saturated rings. The molecule has 0 spiro atoms. The van der Waals surface area contributed by atoms with E-state index in [0.717, 1.165) is 25.8 Å². The number of nitrogens with zero attached hydrogens (tertiary/aromatic N) is 1. The quantitative estimate of drug-likeness (QED) is 0.712. The van der Waals surface area contributed by atoms with Crippen LogP contribution in [0.15, 0.2) is 11.4 Å². The van der Waals surface area contributed by atoms with E-state index >= 15 is 0 Å². The normalized spacial score (nSPS) is 21.9. The van der Waals surface area contributed by atoms with Crippen LogP contribution in [0.1, 0.15) is 29.8 Å². The molecule has 0 radical (unpaired) electrons. The van der Waals surface area contributed by atoms with E-state index in [0.29, 0.717) is 12.5 Å². The average Bonchev–Trinajstić information content (AvgIpc) is 2.66. The van der Waals surface area contributed by atoms with E-state index < -0.39 is 0 Å². The molecule has 0 aliphatic carbocycles. The van der Waals surface area contributed by atoms with Crippen molar-refractivity contribution >= 4 is 17.6 Å². The third kappa shape index (κ3) is 1.74. The van der Waals surface area contributed by atoms with Gasteiger partial charge in [-0.25, -0.2) is 0 Å². The second-order valence-electron chi connectivity index (χ2n) is 3.72. The van der Waals surface area contributed by atoms with Crippen molar-refractivity contribution in [3.05, 3.63) is 21.9 Å². The fourth-order valence-corrected chi connectivity index (χ4v) is 3.05. The minimum atomic E-state index is 0.491. The largest absolute Gasteiger partial charge is 0.303 e. The molecule has 1 aliphatic rings. The molecular formula is C11H15NOS. The molecule has 0 N–H and O–H groups in total. The fraction of sp³-hybridized carbons (Fsp3) is 0.545. The Morgan fingerprint density at radius 2 is 2.57 bits per heavy atom. The smallest absolute Gasteiger partial charge is 0.121 e. The van der Waals surface area contributed by atoms with E-state index in [1.54, 1.807) is 0 Å². The molecule has 1 atom stereocenters. The highest BCUT2D eigenvalue weighted by molar-refractivity contribution is 7.10. The van der Waals surface area contributed by atoms with Gasteiger partial charge in [-0.1, -0.05) is 0 Å². The highest BCUT2D eigenvalue weighted by atomic mass is 32.1. The van der Waals surface area contributed by atoms with Crippen molar-refractivity contribution < 1.29 is 4.79 Å². The summed E-state index contributed by atoms with van der Waals surface area (Å²) in [6.45, 7) is 4.23. The number of rotatable bonds is 3. The first-order valence-corrected chi connectivity index (χ1v) is 5.95. The second-order valence-corrected chi connectivity index (χ2v) is 4.72. The predicted molar refractivity (Wildman–Crippen MR) is 58.7 cm³/mol. The topological polar surface area (TPSA) is 20.3 Å². The maximum atomic E-state index is 10.3. The van der Waals surface area contributed by atoms with Gasteiger partial charge in [0.25, 0.3) is 0 Å². The highest BCUT2D eigenvalue weighted by Gasteiger charge is 2.23. The summed E-state index contributed by atoms with van der Waals surface area (Å²) in [7, 11) is 0. The molecule has 3 heteroatoms. The zero-order valence-electron chi connectivity index (χ0n) is 8.40. The molecule has 1 aromatic rings. The van der Waals surface area contributed by atoms with Crippen molar-refractivity contribution in [3.63, 3.8) is 0 Å². The minimum absolute atomic E-state index is 0.491. The van der Waals surface area contributed by atoms with E-state index in [1.165, 1.54) is 10.4 Å². The minimum Gasteiger partial charge on any atom is -0.303 e. The zero-order valence-corrected chi connectivity index (χ0v) is 9.22. The summed E-state index contributed by atoms with van der Waals surface area (Å²) in [5.41, 5.74) is 1.46. The maximum absolute atomic E-state index is 10.3. The summed E-state index contributed by atoms with van der Waals surface area (Å²) in [6.07, 6.45) is 2.82. The van der Waals surface area contributed by atoms with Crippen LogP contribution >= 0.6 is 11.3 Å². The van der Waals surface area contributed by atoms with Crippen LogP contribution in [0.4, 0.5) is 0 Å². The van der Waals surface area contributed by atoms with Crippen LogP contribution in [0.3, 0.4) is 0 Å². The zero-order chi connectivity index (χ0) is 9.97. The van der Waals surface area contributed by atoms with Gasteiger partial charge in [0, 0.05) is 30.4 Å². The number of thiophene rings is 1. The first-order valence-electron chi connectivity index (χ1n) is 5.07. The van der Waals surface area contributed by atoms with Gasteiger partial charge in [0.05, 0.1) is 0 Å². The molecule has 2 nitrogen and oxygen atoms in total. The van der Waals surface area contributed by atoms with Gasteiger partial charge in [-0.2, -0.15) is 0 Å². The Kier molecular flexibility index (Phi) is 2.99.